The van der Waals surface area contributed by atoms with Crippen LogP contribution in [0.4, 0.5) is 17.1 Å². The molecule has 2 aromatic rings. The van der Waals surface area contributed by atoms with Crippen LogP contribution in [0.2, 0.25) is 0 Å². The number of benzene rings is 2. The first kappa shape index (κ1) is 18.7. The third-order valence-corrected chi connectivity index (χ3v) is 4.80. The molecule has 0 spiro atoms. The molecule has 1 saturated heterocycles. The number of carbonyl (C=O) groups excluding carboxylic acids is 1. The number of nitrogens with one attached hydrogen (secondary N) is 1. The van der Waals surface area contributed by atoms with E-state index in [-0.39, 0.29) is 23.4 Å². The lowest BCUT2D eigenvalue weighted by Gasteiger charge is -2.38. The van der Waals surface area contributed by atoms with Crippen molar-refractivity contribution in [2.45, 2.75) is 13.0 Å². The number of non-ortho nitro benzene ring substituents is 1. The summed E-state index contributed by atoms with van der Waals surface area (Å²) in [5.41, 5.74) is 1.59. The second-order valence-corrected chi connectivity index (χ2v) is 6.51. The molecule has 1 heterocycles. The van der Waals surface area contributed by atoms with Gasteiger partial charge in [-0.2, -0.15) is 0 Å². The van der Waals surface area contributed by atoms with E-state index >= 15 is 0 Å². The number of piperazine rings is 1. The number of phenols is 1. The summed E-state index contributed by atoms with van der Waals surface area (Å²) in [4.78, 5) is 27.0. The second-order valence-electron chi connectivity index (χ2n) is 6.51. The van der Waals surface area contributed by atoms with Gasteiger partial charge >= 0.3 is 0 Å². The monoisotopic (exact) mass is 370 g/mol. The molecule has 142 valence electrons. The lowest BCUT2D eigenvalue weighted by atomic mass is 10.2. The van der Waals surface area contributed by atoms with Crippen molar-refractivity contribution in [1.82, 2.24) is 4.90 Å². The van der Waals surface area contributed by atoms with E-state index in [0.29, 0.717) is 5.69 Å². The molecule has 1 aliphatic rings. The number of nitro groups is 1. The zero-order chi connectivity index (χ0) is 19.4. The zero-order valence-electron chi connectivity index (χ0n) is 15.0. The predicted molar refractivity (Wildman–Crippen MR) is 103 cm³/mol. The van der Waals surface area contributed by atoms with Crippen molar-refractivity contribution in [2.75, 3.05) is 36.4 Å². The van der Waals surface area contributed by atoms with Crippen LogP contribution in [-0.2, 0) is 4.79 Å². The van der Waals surface area contributed by atoms with E-state index in [2.05, 4.69) is 15.1 Å². The zero-order valence-corrected chi connectivity index (χ0v) is 15.0. The number of carbonyl (C=O) groups is 1. The Labute approximate surface area is 157 Å². The maximum absolute atomic E-state index is 12.5. The van der Waals surface area contributed by atoms with Crippen molar-refractivity contribution < 1.29 is 14.8 Å². The van der Waals surface area contributed by atoms with Gasteiger partial charge in [-0.3, -0.25) is 19.8 Å². The van der Waals surface area contributed by atoms with Gasteiger partial charge in [-0.15, -0.1) is 0 Å². The lowest BCUT2D eigenvalue weighted by molar-refractivity contribution is -0.384. The van der Waals surface area contributed by atoms with Crippen LogP contribution in [-0.4, -0.2) is 53.1 Å². The van der Waals surface area contributed by atoms with Crippen molar-refractivity contribution in [3.63, 3.8) is 0 Å². The molecular weight excluding hydrogens is 348 g/mol. The van der Waals surface area contributed by atoms with Crippen LogP contribution in [0, 0.1) is 10.1 Å². The number of anilines is 2. The maximum Gasteiger partial charge on any atom is 0.269 e. The predicted octanol–water partition coefficient (Wildman–Crippen LogP) is 2.45. The van der Waals surface area contributed by atoms with Crippen LogP contribution in [0.5, 0.6) is 5.75 Å². The number of aromatic hydroxyl groups is 1. The molecule has 1 atom stereocenters. The fraction of sp³-hybridized carbons (Fsp3) is 0.316. The second kappa shape index (κ2) is 8.05. The van der Waals surface area contributed by atoms with Crippen LogP contribution < -0.4 is 10.2 Å². The Morgan fingerprint density at radius 3 is 2.22 bits per heavy atom. The van der Waals surface area contributed by atoms with Gasteiger partial charge < -0.3 is 15.3 Å². The van der Waals surface area contributed by atoms with Crippen LogP contribution >= 0.6 is 0 Å². The van der Waals surface area contributed by atoms with Crippen LogP contribution in [0.1, 0.15) is 6.92 Å². The Hall–Kier alpha value is -3.13. The Morgan fingerprint density at radius 1 is 1.07 bits per heavy atom. The SMILES string of the molecule is C[C@H](C(=O)Nc1ccc([N+](=O)[O-])cc1)N1CCN(c2ccc(O)cc2)CC1. The van der Waals surface area contributed by atoms with Gasteiger partial charge in [-0.25, -0.2) is 0 Å². The number of rotatable bonds is 5. The normalized spacial score (nSPS) is 16.0. The Bertz CT molecular complexity index is 799. The van der Waals surface area contributed by atoms with Gasteiger partial charge in [0, 0.05) is 49.7 Å². The Morgan fingerprint density at radius 2 is 1.67 bits per heavy atom. The molecule has 0 radical (unpaired) electrons. The van der Waals surface area contributed by atoms with E-state index in [1.54, 1.807) is 12.1 Å². The smallest absolute Gasteiger partial charge is 0.269 e. The van der Waals surface area contributed by atoms with E-state index in [9.17, 15) is 20.0 Å². The minimum absolute atomic E-state index is 0.00796. The number of hydrogen-bond donors (Lipinski definition) is 2. The van der Waals surface area contributed by atoms with Gasteiger partial charge in [0.2, 0.25) is 5.91 Å². The summed E-state index contributed by atoms with van der Waals surface area (Å²) in [6.45, 7) is 4.93. The quantitative estimate of drug-likeness (QED) is 0.620. The third-order valence-electron chi connectivity index (χ3n) is 4.80. The van der Waals surface area contributed by atoms with Gasteiger partial charge in [0.05, 0.1) is 11.0 Å². The van der Waals surface area contributed by atoms with E-state index < -0.39 is 4.92 Å². The lowest BCUT2D eigenvalue weighted by Crippen LogP contribution is -2.52. The third kappa shape index (κ3) is 4.53. The fourth-order valence-electron chi connectivity index (χ4n) is 3.11. The molecule has 8 nitrogen and oxygen atoms in total. The molecular formula is C19H22N4O4. The molecule has 0 bridgehead atoms. The summed E-state index contributed by atoms with van der Waals surface area (Å²) < 4.78 is 0. The summed E-state index contributed by atoms with van der Waals surface area (Å²) in [6, 6.07) is 12.6. The number of amides is 1. The van der Waals surface area contributed by atoms with Gasteiger partial charge in [-0.1, -0.05) is 0 Å². The molecule has 1 fully saturated rings. The fourth-order valence-corrected chi connectivity index (χ4v) is 3.11. The molecule has 3 rings (SSSR count). The molecule has 2 N–H and O–H groups in total. The summed E-state index contributed by atoms with van der Waals surface area (Å²) in [5, 5.41) is 22.9. The standard InChI is InChI=1S/C19H22N4O4/c1-14(19(25)20-15-2-4-17(5-3-15)23(26)27)21-10-12-22(13-11-21)16-6-8-18(24)9-7-16/h2-9,14,24H,10-13H2,1H3,(H,20,25)/t14-/m1/s1. The number of phenolic OH excluding ortho intramolecular Hbond substituents is 1. The van der Waals surface area contributed by atoms with Gasteiger partial charge in [-0.05, 0) is 43.3 Å². The molecule has 0 saturated carbocycles. The molecule has 2 aromatic carbocycles. The van der Waals surface area contributed by atoms with Crippen molar-refractivity contribution in [2.24, 2.45) is 0 Å². The highest BCUT2D eigenvalue weighted by Crippen LogP contribution is 2.21. The summed E-state index contributed by atoms with van der Waals surface area (Å²) in [6.07, 6.45) is 0. The molecule has 8 heteroatoms. The number of hydrogen-bond acceptors (Lipinski definition) is 6. The van der Waals surface area contributed by atoms with Gasteiger partial charge in [0.1, 0.15) is 5.75 Å². The van der Waals surface area contributed by atoms with Crippen molar-refractivity contribution in [3.05, 3.63) is 58.6 Å². The van der Waals surface area contributed by atoms with Crippen LogP contribution in [0.3, 0.4) is 0 Å². The minimum atomic E-state index is -0.470. The Kier molecular flexibility index (Phi) is 5.56. The van der Waals surface area contributed by atoms with E-state index in [1.165, 1.54) is 24.3 Å². The summed E-state index contributed by atoms with van der Waals surface area (Å²) >= 11 is 0. The largest absolute Gasteiger partial charge is 0.508 e. The molecule has 27 heavy (non-hydrogen) atoms. The Balaban J connectivity index is 1.53. The van der Waals surface area contributed by atoms with E-state index in [0.717, 1.165) is 31.9 Å². The summed E-state index contributed by atoms with van der Waals surface area (Å²) in [5.74, 6) is 0.107. The average molecular weight is 370 g/mol. The van der Waals surface area contributed by atoms with Crippen molar-refractivity contribution >= 4 is 23.0 Å². The molecule has 0 aliphatic carbocycles. The molecule has 1 amide bonds. The topological polar surface area (TPSA) is 98.9 Å². The summed E-state index contributed by atoms with van der Waals surface area (Å²) in [7, 11) is 0. The highest BCUT2D eigenvalue weighted by Gasteiger charge is 2.25. The van der Waals surface area contributed by atoms with Crippen LogP contribution in [0.15, 0.2) is 48.5 Å². The maximum atomic E-state index is 12.5. The number of nitrogens with zero attached hydrogens (tertiary/aromatic N) is 3. The van der Waals surface area contributed by atoms with Gasteiger partial charge in [0.25, 0.3) is 5.69 Å². The van der Waals surface area contributed by atoms with Crippen molar-refractivity contribution in [3.8, 4) is 5.75 Å². The minimum Gasteiger partial charge on any atom is -0.508 e. The number of nitro benzene ring substituents is 1. The van der Waals surface area contributed by atoms with Crippen LogP contribution in [0.25, 0.3) is 0 Å². The first-order valence-electron chi connectivity index (χ1n) is 8.77. The highest BCUT2D eigenvalue weighted by atomic mass is 16.6. The molecule has 0 unspecified atom stereocenters. The van der Waals surface area contributed by atoms with Gasteiger partial charge in [0.15, 0.2) is 0 Å². The molecule has 1 aliphatic heterocycles. The first-order chi connectivity index (χ1) is 12.9. The van der Waals surface area contributed by atoms with Crippen molar-refractivity contribution in [1.29, 1.82) is 0 Å². The molecule has 0 aromatic heterocycles. The average Bonchev–Trinajstić information content (AvgIpc) is 2.68. The van der Waals surface area contributed by atoms with E-state index in [4.69, 9.17) is 0 Å². The highest BCUT2D eigenvalue weighted by molar-refractivity contribution is 5.94. The van der Waals surface area contributed by atoms with E-state index in [1.807, 2.05) is 19.1 Å². The first-order valence-corrected chi connectivity index (χ1v) is 8.77.